The average molecular weight is 332 g/mol. The van der Waals surface area contributed by atoms with Crippen LogP contribution in [0, 0.1) is 27.7 Å². The van der Waals surface area contributed by atoms with Gasteiger partial charge in [-0.15, -0.1) is 0 Å². The lowest BCUT2D eigenvalue weighted by molar-refractivity contribution is 1.02. The maximum atomic E-state index is 4.50. The summed E-state index contributed by atoms with van der Waals surface area (Å²) in [5, 5.41) is 6.80. The SMILES string of the molecule is Cc1ccc(Nc2cc(NCc3ccccc3C)nc(C)n2)c(C)c1. The van der Waals surface area contributed by atoms with Crippen molar-refractivity contribution in [2.24, 2.45) is 0 Å². The van der Waals surface area contributed by atoms with Gasteiger partial charge < -0.3 is 10.6 Å². The lowest BCUT2D eigenvalue weighted by Crippen LogP contribution is -2.06. The molecule has 2 aromatic carbocycles. The third-order valence-electron chi connectivity index (χ3n) is 4.20. The molecule has 3 aromatic rings. The molecule has 0 atom stereocenters. The van der Waals surface area contributed by atoms with Crippen molar-refractivity contribution in [1.82, 2.24) is 9.97 Å². The number of aromatic nitrogens is 2. The zero-order chi connectivity index (χ0) is 17.8. The molecule has 4 heteroatoms. The Hall–Kier alpha value is -2.88. The molecule has 0 radical (unpaired) electrons. The molecule has 0 saturated heterocycles. The van der Waals surface area contributed by atoms with Crippen LogP contribution in [0.15, 0.2) is 48.5 Å². The van der Waals surface area contributed by atoms with Crippen molar-refractivity contribution in [2.45, 2.75) is 34.2 Å². The minimum atomic E-state index is 0.738. The van der Waals surface area contributed by atoms with E-state index in [2.05, 4.69) is 83.8 Å². The van der Waals surface area contributed by atoms with Gasteiger partial charge in [-0.1, -0.05) is 42.0 Å². The van der Waals surface area contributed by atoms with Gasteiger partial charge in [0.15, 0.2) is 0 Å². The van der Waals surface area contributed by atoms with Gasteiger partial charge in [0, 0.05) is 18.3 Å². The third-order valence-corrected chi connectivity index (χ3v) is 4.20. The van der Waals surface area contributed by atoms with Crippen LogP contribution in [0.25, 0.3) is 0 Å². The minimum absolute atomic E-state index is 0.738. The Morgan fingerprint density at radius 2 is 1.56 bits per heavy atom. The zero-order valence-corrected chi connectivity index (χ0v) is 15.2. The second-order valence-corrected chi connectivity index (χ2v) is 6.41. The summed E-state index contributed by atoms with van der Waals surface area (Å²) in [6.45, 7) is 8.97. The zero-order valence-electron chi connectivity index (χ0n) is 15.2. The van der Waals surface area contributed by atoms with Crippen molar-refractivity contribution >= 4 is 17.3 Å². The number of benzene rings is 2. The number of anilines is 3. The molecule has 25 heavy (non-hydrogen) atoms. The first kappa shape index (κ1) is 17.0. The molecule has 3 rings (SSSR count). The van der Waals surface area contributed by atoms with Gasteiger partial charge in [0.25, 0.3) is 0 Å². The van der Waals surface area contributed by atoms with Crippen molar-refractivity contribution in [3.8, 4) is 0 Å². The fourth-order valence-corrected chi connectivity index (χ4v) is 2.81. The van der Waals surface area contributed by atoms with E-state index in [4.69, 9.17) is 0 Å². The van der Waals surface area contributed by atoms with Gasteiger partial charge in [0.1, 0.15) is 17.5 Å². The Balaban J connectivity index is 1.77. The van der Waals surface area contributed by atoms with E-state index in [1.54, 1.807) is 0 Å². The molecule has 0 saturated carbocycles. The van der Waals surface area contributed by atoms with Crippen molar-refractivity contribution in [3.63, 3.8) is 0 Å². The van der Waals surface area contributed by atoms with Crippen molar-refractivity contribution in [2.75, 3.05) is 10.6 Å². The fourth-order valence-electron chi connectivity index (χ4n) is 2.81. The van der Waals surface area contributed by atoms with Crippen molar-refractivity contribution < 1.29 is 0 Å². The van der Waals surface area contributed by atoms with Crippen LogP contribution in [0.1, 0.15) is 28.1 Å². The van der Waals surface area contributed by atoms with Gasteiger partial charge in [0.2, 0.25) is 0 Å². The van der Waals surface area contributed by atoms with Crippen LogP contribution in [-0.2, 0) is 6.54 Å². The number of hydrogen-bond donors (Lipinski definition) is 2. The van der Waals surface area contributed by atoms with Gasteiger partial charge in [0.05, 0.1) is 0 Å². The molecule has 1 aromatic heterocycles. The standard InChI is InChI=1S/C21H24N4/c1-14-9-10-19(16(3)11-14)25-21-12-20(23-17(4)24-21)22-13-18-8-6-5-7-15(18)2/h5-12H,13H2,1-4H3,(H2,22,23,24,25). The smallest absolute Gasteiger partial charge is 0.136 e. The maximum Gasteiger partial charge on any atom is 0.136 e. The van der Waals surface area contributed by atoms with Crippen LogP contribution in [-0.4, -0.2) is 9.97 Å². The van der Waals surface area contributed by atoms with E-state index in [0.29, 0.717) is 0 Å². The number of hydrogen-bond acceptors (Lipinski definition) is 4. The molecule has 0 unspecified atom stereocenters. The topological polar surface area (TPSA) is 49.8 Å². The quantitative estimate of drug-likeness (QED) is 0.685. The molecule has 0 fully saturated rings. The third kappa shape index (κ3) is 4.35. The first-order valence-corrected chi connectivity index (χ1v) is 8.49. The van der Waals surface area contributed by atoms with Crippen LogP contribution < -0.4 is 10.6 Å². The van der Waals surface area contributed by atoms with Gasteiger partial charge >= 0.3 is 0 Å². The first-order chi connectivity index (χ1) is 12.0. The summed E-state index contributed by atoms with van der Waals surface area (Å²) in [6.07, 6.45) is 0. The lowest BCUT2D eigenvalue weighted by atomic mass is 10.1. The van der Waals surface area contributed by atoms with Crippen LogP contribution in [0.2, 0.25) is 0 Å². The molecular formula is C21H24N4. The predicted molar refractivity (Wildman–Crippen MR) is 104 cm³/mol. The highest BCUT2D eigenvalue weighted by Crippen LogP contribution is 2.22. The maximum absolute atomic E-state index is 4.50. The van der Waals surface area contributed by atoms with E-state index in [9.17, 15) is 0 Å². The van der Waals surface area contributed by atoms with E-state index in [1.807, 2.05) is 13.0 Å². The van der Waals surface area contributed by atoms with E-state index in [0.717, 1.165) is 29.7 Å². The second-order valence-electron chi connectivity index (χ2n) is 6.41. The van der Waals surface area contributed by atoms with Crippen LogP contribution in [0.4, 0.5) is 17.3 Å². The molecule has 2 N–H and O–H groups in total. The Kier molecular flexibility index (Phi) is 4.98. The number of rotatable bonds is 5. The Morgan fingerprint density at radius 1 is 0.800 bits per heavy atom. The van der Waals surface area contributed by atoms with Crippen molar-refractivity contribution in [1.29, 1.82) is 0 Å². The number of aryl methyl sites for hydroxylation is 4. The fraction of sp³-hybridized carbons (Fsp3) is 0.238. The van der Waals surface area contributed by atoms with Gasteiger partial charge in [-0.05, 0) is 50.5 Å². The highest BCUT2D eigenvalue weighted by molar-refractivity contribution is 5.63. The molecule has 1 heterocycles. The Bertz CT molecular complexity index is 887. The highest BCUT2D eigenvalue weighted by atomic mass is 15.1. The predicted octanol–water partition coefficient (Wildman–Crippen LogP) is 5.07. The Labute approximate surface area is 149 Å². The molecule has 0 aliphatic rings. The largest absolute Gasteiger partial charge is 0.366 e. The van der Waals surface area contributed by atoms with E-state index < -0.39 is 0 Å². The minimum Gasteiger partial charge on any atom is -0.366 e. The molecule has 0 amide bonds. The molecule has 0 bridgehead atoms. The van der Waals surface area contributed by atoms with Crippen LogP contribution in [0.5, 0.6) is 0 Å². The van der Waals surface area contributed by atoms with Gasteiger partial charge in [-0.25, -0.2) is 9.97 Å². The Morgan fingerprint density at radius 3 is 2.32 bits per heavy atom. The summed E-state index contributed by atoms with van der Waals surface area (Å²) < 4.78 is 0. The monoisotopic (exact) mass is 332 g/mol. The molecule has 128 valence electrons. The summed E-state index contributed by atoms with van der Waals surface area (Å²) >= 11 is 0. The van der Waals surface area contributed by atoms with Gasteiger partial charge in [-0.2, -0.15) is 0 Å². The van der Waals surface area contributed by atoms with Gasteiger partial charge in [-0.3, -0.25) is 0 Å². The summed E-state index contributed by atoms with van der Waals surface area (Å²) in [5.41, 5.74) is 6.05. The molecular weight excluding hydrogens is 308 g/mol. The van der Waals surface area contributed by atoms with E-state index in [-0.39, 0.29) is 0 Å². The molecule has 0 aliphatic heterocycles. The van der Waals surface area contributed by atoms with Crippen molar-refractivity contribution in [3.05, 3.63) is 76.6 Å². The summed E-state index contributed by atoms with van der Waals surface area (Å²) in [6, 6.07) is 16.7. The van der Waals surface area contributed by atoms with Crippen LogP contribution >= 0.6 is 0 Å². The molecule has 0 spiro atoms. The summed E-state index contributed by atoms with van der Waals surface area (Å²) in [4.78, 5) is 9.00. The number of nitrogens with zero attached hydrogens (tertiary/aromatic N) is 2. The normalized spacial score (nSPS) is 10.6. The summed E-state index contributed by atoms with van der Waals surface area (Å²) in [5.74, 6) is 2.36. The number of nitrogens with one attached hydrogen (secondary N) is 2. The van der Waals surface area contributed by atoms with E-state index >= 15 is 0 Å². The molecule has 4 nitrogen and oxygen atoms in total. The summed E-state index contributed by atoms with van der Waals surface area (Å²) in [7, 11) is 0. The van der Waals surface area contributed by atoms with E-state index in [1.165, 1.54) is 22.3 Å². The lowest BCUT2D eigenvalue weighted by Gasteiger charge is -2.13. The first-order valence-electron chi connectivity index (χ1n) is 8.49. The highest BCUT2D eigenvalue weighted by Gasteiger charge is 2.05. The van der Waals surface area contributed by atoms with Crippen LogP contribution in [0.3, 0.4) is 0 Å². The second kappa shape index (κ2) is 7.34. The molecule has 0 aliphatic carbocycles. The average Bonchev–Trinajstić information content (AvgIpc) is 2.56.